The van der Waals surface area contributed by atoms with Crippen LogP contribution in [0.3, 0.4) is 0 Å². The number of carbonyl (C=O) groups is 9. The van der Waals surface area contributed by atoms with Gasteiger partial charge < -0.3 is 61.1 Å². The third-order valence-electron chi connectivity index (χ3n) is 11.1. The Hall–Kier alpha value is -7.19. The molecule has 1 spiro atoms. The molecule has 1 atom stereocenters. The fourth-order valence-corrected chi connectivity index (χ4v) is 8.73. The van der Waals surface area contributed by atoms with E-state index in [1.165, 1.54) is 0 Å². The first-order valence-corrected chi connectivity index (χ1v) is 19.1. The number of rotatable bonds is 20. The zero-order chi connectivity index (χ0) is 44.9. The first kappa shape index (κ1) is 44.9. The molecule has 0 aliphatic carbocycles. The van der Waals surface area contributed by atoms with Gasteiger partial charge in [-0.3, -0.25) is 43.2 Å². The number of hydrogen-bond donors (Lipinski definition) is 12. The molecule has 5 rings (SSSR count). The van der Waals surface area contributed by atoms with Crippen molar-refractivity contribution in [2.45, 2.75) is 108 Å². The average molecular weight is 853 g/mol. The van der Waals surface area contributed by atoms with Crippen LogP contribution in [0.4, 0.5) is 0 Å². The summed E-state index contributed by atoms with van der Waals surface area (Å²) in [6.45, 7) is 0. The number of fused-ring (bicyclic) bond motifs is 6. The van der Waals surface area contributed by atoms with Gasteiger partial charge in [0.15, 0.2) is 0 Å². The van der Waals surface area contributed by atoms with E-state index in [9.17, 15) is 84.0 Å². The van der Waals surface area contributed by atoms with Crippen molar-refractivity contribution in [3.63, 3.8) is 0 Å². The molecule has 326 valence electrons. The van der Waals surface area contributed by atoms with Gasteiger partial charge in [0.05, 0.1) is 31.2 Å². The maximum Gasteiger partial charge on any atom is 0.307 e. The van der Waals surface area contributed by atoms with Crippen molar-refractivity contribution in [1.82, 2.24) is 20.3 Å². The van der Waals surface area contributed by atoms with Crippen LogP contribution < -0.4 is 5.32 Å². The number of carboxylic acid groups (broad SMARTS) is 8. The molecule has 12 N–H and O–H groups in total. The zero-order valence-electron chi connectivity index (χ0n) is 32.6. The molecule has 3 aromatic heterocycles. The summed E-state index contributed by atoms with van der Waals surface area (Å²) in [4.78, 5) is 121. The Balaban J connectivity index is 1.94. The van der Waals surface area contributed by atoms with Crippen molar-refractivity contribution in [2.24, 2.45) is 0 Å². The van der Waals surface area contributed by atoms with Crippen molar-refractivity contribution in [3.05, 3.63) is 78.7 Å². The largest absolute Gasteiger partial charge is 0.481 e. The van der Waals surface area contributed by atoms with Crippen molar-refractivity contribution >= 4 is 53.7 Å². The molecule has 5 heterocycles. The molecule has 21 nitrogen and oxygen atoms in total. The minimum absolute atomic E-state index is 0.0726. The Labute approximate surface area is 344 Å². The lowest BCUT2D eigenvalue weighted by molar-refractivity contribution is -0.138. The SMILES string of the molecule is O=C(O)CCC1=C(CC(=O)O)C2(Cc3[nH]c(c(CC(=O)O)c3CCC(=O)O)Cc3[nH]c(c(CC(=O)O)c3CCC(=O)O)Cc3[nH]c(c(CC(=O)O)c3CCC(=O)O)C2)NC1=O. The van der Waals surface area contributed by atoms with Crippen LogP contribution in [0.25, 0.3) is 0 Å². The van der Waals surface area contributed by atoms with Crippen LogP contribution in [-0.2, 0) is 107 Å². The van der Waals surface area contributed by atoms with E-state index in [1.807, 2.05) is 0 Å². The maximum atomic E-state index is 13.9. The molecule has 61 heavy (non-hydrogen) atoms. The van der Waals surface area contributed by atoms with Crippen molar-refractivity contribution in [3.8, 4) is 0 Å². The first-order valence-electron chi connectivity index (χ1n) is 19.1. The summed E-state index contributed by atoms with van der Waals surface area (Å²) >= 11 is 0. The van der Waals surface area contributed by atoms with E-state index in [1.54, 1.807) is 0 Å². The van der Waals surface area contributed by atoms with Gasteiger partial charge in [0, 0.05) is 91.1 Å². The zero-order valence-corrected chi connectivity index (χ0v) is 32.6. The summed E-state index contributed by atoms with van der Waals surface area (Å²) in [5, 5.41) is 82.1. The summed E-state index contributed by atoms with van der Waals surface area (Å²) in [6.07, 6.45) is -7.24. The predicted octanol–water partition coefficient (Wildman–Crippen LogP) is 1.39. The second-order valence-electron chi connectivity index (χ2n) is 15.2. The first-order chi connectivity index (χ1) is 28.7. The van der Waals surface area contributed by atoms with E-state index >= 15 is 0 Å². The summed E-state index contributed by atoms with van der Waals surface area (Å²) < 4.78 is 0. The standard InChI is InChI=1S/C40H44N4O17/c45-31(46)5-1-17-21(9-35(53)54)27-14-26-18(2-6-32(47)48)23(11-37(57)58)30(42-26)16-40(24(12-38(59)60)20(39(61)44-40)4-8-34(51)52)15-29-19(3-7-33(49)50)22(10-36(55)56)28(43-29)13-25(17)41-27/h41-43H,1-16H2,(H,44,61)(H,45,46)(H,47,48)(H,49,50)(H,51,52)(H,53,54)(H,55,56)(H,57,58)(H,59,60). The van der Waals surface area contributed by atoms with Gasteiger partial charge in [-0.25, -0.2) is 0 Å². The third kappa shape index (κ3) is 10.5. The van der Waals surface area contributed by atoms with Gasteiger partial charge in [0.25, 0.3) is 0 Å². The highest BCUT2D eigenvalue weighted by atomic mass is 16.4. The van der Waals surface area contributed by atoms with Crippen molar-refractivity contribution in [1.29, 1.82) is 0 Å². The van der Waals surface area contributed by atoms with E-state index in [0.29, 0.717) is 0 Å². The minimum Gasteiger partial charge on any atom is -0.481 e. The maximum absolute atomic E-state index is 13.9. The average Bonchev–Trinajstić information content (AvgIpc) is 3.79. The van der Waals surface area contributed by atoms with E-state index in [-0.39, 0.29) is 111 Å². The fraction of sp³-hybridized carbons (Fsp3) is 0.425. The number of aromatic amines is 3. The van der Waals surface area contributed by atoms with Crippen LogP contribution in [0.2, 0.25) is 0 Å². The van der Waals surface area contributed by atoms with Gasteiger partial charge in [0.1, 0.15) is 0 Å². The van der Waals surface area contributed by atoms with Gasteiger partial charge in [-0.2, -0.15) is 0 Å². The summed E-state index contributed by atoms with van der Waals surface area (Å²) in [5.74, 6) is -11.3. The highest BCUT2D eigenvalue weighted by Crippen LogP contribution is 2.41. The Kier molecular flexibility index (Phi) is 13.5. The Morgan fingerprint density at radius 1 is 0.410 bits per heavy atom. The lowest BCUT2D eigenvalue weighted by atomic mass is 9.77. The number of H-pyrrole nitrogens is 3. The number of amides is 1. The number of aliphatic carboxylic acids is 8. The topological polar surface area (TPSA) is 375 Å². The van der Waals surface area contributed by atoms with Crippen LogP contribution in [0.1, 0.15) is 106 Å². The van der Waals surface area contributed by atoms with Crippen molar-refractivity contribution in [2.75, 3.05) is 0 Å². The van der Waals surface area contributed by atoms with E-state index in [4.69, 9.17) is 0 Å². The molecule has 1 amide bonds. The molecule has 2 aliphatic rings. The number of carbonyl (C=O) groups excluding carboxylic acids is 1. The molecule has 0 aromatic carbocycles. The normalized spacial score (nSPS) is 16.0. The van der Waals surface area contributed by atoms with Crippen LogP contribution in [0, 0.1) is 0 Å². The molecular weight excluding hydrogens is 808 g/mol. The van der Waals surface area contributed by atoms with E-state index in [2.05, 4.69) is 20.3 Å². The number of carboxylic acids is 8. The van der Waals surface area contributed by atoms with Gasteiger partial charge in [-0.15, -0.1) is 0 Å². The van der Waals surface area contributed by atoms with Crippen LogP contribution >= 0.6 is 0 Å². The Morgan fingerprint density at radius 2 is 0.721 bits per heavy atom. The van der Waals surface area contributed by atoms with Gasteiger partial charge in [0.2, 0.25) is 5.91 Å². The highest BCUT2D eigenvalue weighted by Gasteiger charge is 2.47. The molecule has 3 aromatic rings. The molecule has 2 aliphatic heterocycles. The molecule has 0 radical (unpaired) electrons. The Morgan fingerprint density at radius 3 is 1.10 bits per heavy atom. The number of aromatic nitrogens is 3. The van der Waals surface area contributed by atoms with Crippen molar-refractivity contribution < 1.29 is 84.0 Å². The van der Waals surface area contributed by atoms with Crippen LogP contribution in [-0.4, -0.2) is 115 Å². The fourth-order valence-electron chi connectivity index (χ4n) is 8.73. The predicted molar refractivity (Wildman–Crippen MR) is 204 cm³/mol. The molecular formula is C40H44N4O17. The molecule has 0 fully saturated rings. The third-order valence-corrected chi connectivity index (χ3v) is 11.1. The lowest BCUT2D eigenvalue weighted by Gasteiger charge is -2.33. The molecule has 1 unspecified atom stereocenters. The number of nitrogens with one attached hydrogen (secondary N) is 4. The summed E-state index contributed by atoms with van der Waals surface area (Å²) in [5.41, 5.74) is 0.141. The second kappa shape index (κ2) is 18.4. The highest BCUT2D eigenvalue weighted by molar-refractivity contribution is 6.00. The van der Waals surface area contributed by atoms with Gasteiger partial charge in [-0.05, 0) is 64.6 Å². The van der Waals surface area contributed by atoms with Crippen LogP contribution in [0.5, 0.6) is 0 Å². The quantitative estimate of drug-likeness (QED) is 0.0764. The lowest BCUT2D eigenvalue weighted by Crippen LogP contribution is -2.49. The molecule has 0 saturated heterocycles. The molecule has 21 heteroatoms. The van der Waals surface area contributed by atoms with Gasteiger partial charge >= 0.3 is 47.8 Å². The second-order valence-corrected chi connectivity index (χ2v) is 15.2. The summed E-state index contributed by atoms with van der Waals surface area (Å²) in [6, 6.07) is 0. The van der Waals surface area contributed by atoms with E-state index < -0.39 is 130 Å². The van der Waals surface area contributed by atoms with E-state index in [0.717, 1.165) is 0 Å². The molecule has 0 saturated carbocycles. The minimum atomic E-state index is -1.83. The monoisotopic (exact) mass is 852 g/mol. The summed E-state index contributed by atoms with van der Waals surface area (Å²) in [7, 11) is 0. The van der Waals surface area contributed by atoms with Crippen LogP contribution in [0.15, 0.2) is 11.1 Å². The molecule has 6 bridgehead atoms. The van der Waals surface area contributed by atoms with Gasteiger partial charge in [-0.1, -0.05) is 0 Å². The smallest absolute Gasteiger partial charge is 0.307 e. The number of hydrogen-bond acceptors (Lipinski definition) is 9. The Bertz CT molecular complexity index is 2380.